The maximum atomic E-state index is 10.4. The highest BCUT2D eigenvalue weighted by Crippen LogP contribution is 2.28. The van der Waals surface area contributed by atoms with Gasteiger partial charge in [-0.05, 0) is 11.6 Å². The van der Waals surface area contributed by atoms with Crippen molar-refractivity contribution in [1.29, 1.82) is 5.26 Å². The molecule has 0 saturated heterocycles. The van der Waals surface area contributed by atoms with Crippen LogP contribution in [0.2, 0.25) is 10.0 Å². The number of nitrogens with zero attached hydrogens (tertiary/aromatic N) is 1. The molecule has 0 saturated carbocycles. The standard InChI is InChI=1S/C9H5Cl2NO2/c10-7-2-1-5(3-8(13)14)6(4-12)9(7)11/h1-2H,3H2,(H,13,14). The molecule has 0 amide bonds. The van der Waals surface area contributed by atoms with Crippen LogP contribution in [0.4, 0.5) is 0 Å². The van der Waals surface area contributed by atoms with Crippen LogP contribution in [0.15, 0.2) is 12.1 Å². The summed E-state index contributed by atoms with van der Waals surface area (Å²) in [6, 6.07) is 4.79. The summed E-state index contributed by atoms with van der Waals surface area (Å²) in [5.41, 5.74) is 0.496. The van der Waals surface area contributed by atoms with E-state index in [1.807, 2.05) is 6.07 Å². The lowest BCUT2D eigenvalue weighted by molar-refractivity contribution is -0.136. The summed E-state index contributed by atoms with van der Waals surface area (Å²) >= 11 is 11.4. The number of carbonyl (C=O) groups is 1. The molecule has 1 N–H and O–H groups in total. The molecule has 5 heteroatoms. The number of carboxylic acid groups (broad SMARTS) is 1. The summed E-state index contributed by atoms with van der Waals surface area (Å²) in [5, 5.41) is 17.7. The van der Waals surface area contributed by atoms with Crippen LogP contribution in [0.1, 0.15) is 11.1 Å². The molecule has 0 aliphatic carbocycles. The topological polar surface area (TPSA) is 61.1 Å². The molecule has 0 heterocycles. The normalized spacial score (nSPS) is 9.50. The molecule has 0 bridgehead atoms. The van der Waals surface area contributed by atoms with Crippen molar-refractivity contribution in [3.8, 4) is 6.07 Å². The molecule has 14 heavy (non-hydrogen) atoms. The van der Waals surface area contributed by atoms with Gasteiger partial charge in [0, 0.05) is 0 Å². The SMILES string of the molecule is N#Cc1c(CC(=O)O)ccc(Cl)c1Cl. The van der Waals surface area contributed by atoms with Gasteiger partial charge in [0.25, 0.3) is 0 Å². The molecule has 1 rings (SSSR count). The number of hydrogen-bond donors (Lipinski definition) is 1. The fourth-order valence-electron chi connectivity index (χ4n) is 1.02. The summed E-state index contributed by atoms with van der Waals surface area (Å²) in [6.45, 7) is 0. The Morgan fingerprint density at radius 3 is 2.64 bits per heavy atom. The molecule has 0 aliphatic heterocycles. The predicted octanol–water partition coefficient (Wildman–Crippen LogP) is 2.49. The van der Waals surface area contributed by atoms with Gasteiger partial charge in [-0.3, -0.25) is 4.79 Å². The highest BCUT2D eigenvalue weighted by Gasteiger charge is 2.12. The Hall–Kier alpha value is -1.24. The second-order valence-electron chi connectivity index (χ2n) is 2.58. The van der Waals surface area contributed by atoms with Crippen LogP contribution < -0.4 is 0 Å². The summed E-state index contributed by atoms with van der Waals surface area (Å²) < 4.78 is 0. The van der Waals surface area contributed by atoms with Gasteiger partial charge >= 0.3 is 5.97 Å². The van der Waals surface area contributed by atoms with Gasteiger partial charge in [-0.15, -0.1) is 0 Å². The molecule has 1 aromatic carbocycles. The van der Waals surface area contributed by atoms with Crippen molar-refractivity contribution in [2.45, 2.75) is 6.42 Å². The van der Waals surface area contributed by atoms with Gasteiger partial charge in [0.2, 0.25) is 0 Å². The van der Waals surface area contributed by atoms with Crippen LogP contribution in [0.5, 0.6) is 0 Å². The zero-order valence-electron chi connectivity index (χ0n) is 6.92. The maximum Gasteiger partial charge on any atom is 0.307 e. The molecule has 0 radical (unpaired) electrons. The Bertz CT molecular complexity index is 424. The smallest absolute Gasteiger partial charge is 0.307 e. The Morgan fingerprint density at radius 2 is 2.14 bits per heavy atom. The first-order chi connectivity index (χ1) is 6.56. The number of nitriles is 1. The summed E-state index contributed by atoms with van der Waals surface area (Å²) in [5.74, 6) is -1.01. The van der Waals surface area contributed by atoms with Crippen LogP contribution in [-0.2, 0) is 11.2 Å². The largest absolute Gasteiger partial charge is 0.481 e. The Morgan fingerprint density at radius 1 is 1.50 bits per heavy atom. The highest BCUT2D eigenvalue weighted by molar-refractivity contribution is 6.42. The second-order valence-corrected chi connectivity index (χ2v) is 3.36. The molecule has 3 nitrogen and oxygen atoms in total. The zero-order chi connectivity index (χ0) is 10.7. The first kappa shape index (κ1) is 10.8. The number of benzene rings is 1. The third-order valence-electron chi connectivity index (χ3n) is 1.63. The van der Waals surface area contributed by atoms with Crippen LogP contribution in [0.3, 0.4) is 0 Å². The van der Waals surface area contributed by atoms with Crippen molar-refractivity contribution in [3.05, 3.63) is 33.3 Å². The van der Waals surface area contributed by atoms with Crippen LogP contribution in [0.25, 0.3) is 0 Å². The lowest BCUT2D eigenvalue weighted by Crippen LogP contribution is -2.02. The molecule has 0 fully saturated rings. The van der Waals surface area contributed by atoms with Crippen molar-refractivity contribution < 1.29 is 9.90 Å². The lowest BCUT2D eigenvalue weighted by atomic mass is 10.1. The molecule has 1 aromatic rings. The number of hydrogen-bond acceptors (Lipinski definition) is 2. The summed E-state index contributed by atoms with van der Waals surface area (Å²) in [6.07, 6.45) is -0.236. The van der Waals surface area contributed by atoms with Gasteiger partial charge in [0.15, 0.2) is 0 Å². The third-order valence-corrected chi connectivity index (χ3v) is 2.44. The molecule has 0 atom stereocenters. The van der Waals surface area contributed by atoms with Crippen LogP contribution in [-0.4, -0.2) is 11.1 Å². The molecule has 0 spiro atoms. The van der Waals surface area contributed by atoms with E-state index in [1.54, 1.807) is 0 Å². The van der Waals surface area contributed by atoms with E-state index in [-0.39, 0.29) is 22.0 Å². The summed E-state index contributed by atoms with van der Waals surface area (Å²) in [4.78, 5) is 10.4. The fourth-order valence-corrected chi connectivity index (χ4v) is 1.41. The van der Waals surface area contributed by atoms with E-state index in [2.05, 4.69) is 0 Å². The van der Waals surface area contributed by atoms with E-state index < -0.39 is 5.97 Å². The summed E-state index contributed by atoms with van der Waals surface area (Å²) in [7, 11) is 0. The van der Waals surface area contributed by atoms with Crippen molar-refractivity contribution in [2.75, 3.05) is 0 Å². The number of halogens is 2. The fraction of sp³-hybridized carbons (Fsp3) is 0.111. The molecule has 0 unspecified atom stereocenters. The van der Waals surface area contributed by atoms with E-state index in [0.717, 1.165) is 0 Å². The van der Waals surface area contributed by atoms with E-state index in [4.69, 9.17) is 33.6 Å². The second kappa shape index (κ2) is 4.32. The van der Waals surface area contributed by atoms with Gasteiger partial charge in [-0.25, -0.2) is 0 Å². The minimum absolute atomic E-state index is 0.105. The first-order valence-corrected chi connectivity index (χ1v) is 4.40. The van der Waals surface area contributed by atoms with Crippen molar-refractivity contribution in [1.82, 2.24) is 0 Å². The first-order valence-electron chi connectivity index (χ1n) is 3.65. The van der Waals surface area contributed by atoms with Gasteiger partial charge in [-0.2, -0.15) is 5.26 Å². The number of aliphatic carboxylic acids is 1. The van der Waals surface area contributed by atoms with Crippen molar-refractivity contribution in [2.24, 2.45) is 0 Å². The Balaban J connectivity index is 3.26. The van der Waals surface area contributed by atoms with Gasteiger partial charge < -0.3 is 5.11 Å². The Kier molecular flexibility index (Phi) is 3.34. The lowest BCUT2D eigenvalue weighted by Gasteiger charge is -2.03. The van der Waals surface area contributed by atoms with Crippen molar-refractivity contribution in [3.63, 3.8) is 0 Å². The molecule has 72 valence electrons. The molecular weight excluding hydrogens is 225 g/mol. The average Bonchev–Trinajstić information content (AvgIpc) is 2.11. The quantitative estimate of drug-likeness (QED) is 0.848. The van der Waals surface area contributed by atoms with Gasteiger partial charge in [0.1, 0.15) is 6.07 Å². The van der Waals surface area contributed by atoms with Gasteiger partial charge in [0.05, 0.1) is 22.0 Å². The van der Waals surface area contributed by atoms with E-state index in [0.29, 0.717) is 5.56 Å². The van der Waals surface area contributed by atoms with E-state index >= 15 is 0 Å². The minimum Gasteiger partial charge on any atom is -0.481 e. The van der Waals surface area contributed by atoms with Crippen molar-refractivity contribution >= 4 is 29.2 Å². The highest BCUT2D eigenvalue weighted by atomic mass is 35.5. The monoisotopic (exact) mass is 229 g/mol. The average molecular weight is 230 g/mol. The van der Waals surface area contributed by atoms with E-state index in [1.165, 1.54) is 12.1 Å². The minimum atomic E-state index is -1.01. The van der Waals surface area contributed by atoms with Crippen LogP contribution in [0, 0.1) is 11.3 Å². The van der Waals surface area contributed by atoms with Crippen LogP contribution >= 0.6 is 23.2 Å². The molecular formula is C9H5Cl2NO2. The Labute approximate surface area is 90.5 Å². The predicted molar refractivity (Wildman–Crippen MR) is 52.5 cm³/mol. The number of carboxylic acids is 1. The zero-order valence-corrected chi connectivity index (χ0v) is 8.43. The third kappa shape index (κ3) is 2.16. The maximum absolute atomic E-state index is 10.4. The number of rotatable bonds is 2. The molecule has 0 aromatic heterocycles. The van der Waals surface area contributed by atoms with Gasteiger partial charge in [-0.1, -0.05) is 29.3 Å². The van der Waals surface area contributed by atoms with E-state index in [9.17, 15) is 4.79 Å². The molecule has 0 aliphatic rings.